The number of halogens is 1. The lowest BCUT2D eigenvalue weighted by Gasteiger charge is -2.15. The molecule has 0 unspecified atom stereocenters. The van der Waals surface area contributed by atoms with E-state index in [2.05, 4.69) is 42.6 Å². The molecule has 1 aliphatic rings. The summed E-state index contributed by atoms with van der Waals surface area (Å²) in [6, 6.07) is 6.47. The van der Waals surface area contributed by atoms with E-state index in [1.165, 1.54) is 70.2 Å². The van der Waals surface area contributed by atoms with Crippen LogP contribution >= 0.6 is 11.3 Å². The summed E-state index contributed by atoms with van der Waals surface area (Å²) in [5.74, 6) is 0.766. The van der Waals surface area contributed by atoms with Crippen LogP contribution in [0.3, 0.4) is 0 Å². The summed E-state index contributed by atoms with van der Waals surface area (Å²) < 4.78 is 13.5. The van der Waals surface area contributed by atoms with Crippen molar-refractivity contribution in [1.29, 1.82) is 0 Å². The summed E-state index contributed by atoms with van der Waals surface area (Å²) >= 11 is 1.55. The number of aliphatic imine (C=N–C) groups is 1. The van der Waals surface area contributed by atoms with Crippen LogP contribution in [0.5, 0.6) is 0 Å². The third kappa shape index (κ3) is 13.0. The third-order valence-electron chi connectivity index (χ3n) is 5.45. The maximum atomic E-state index is 13.5. The molecule has 0 spiro atoms. The van der Waals surface area contributed by atoms with E-state index in [9.17, 15) is 4.39 Å². The maximum absolute atomic E-state index is 13.5. The molecule has 0 bridgehead atoms. The first-order valence-corrected chi connectivity index (χ1v) is 13.9. The Balaban J connectivity index is 0.000000356. The lowest BCUT2D eigenvalue weighted by molar-refractivity contribution is 0.385. The van der Waals surface area contributed by atoms with Gasteiger partial charge in [-0.05, 0) is 70.8 Å². The molecule has 0 saturated heterocycles. The molecule has 1 saturated carbocycles. The number of allylic oxidation sites excluding steroid dienone is 3. The van der Waals surface area contributed by atoms with E-state index in [0.717, 1.165) is 38.5 Å². The van der Waals surface area contributed by atoms with Crippen LogP contribution in [0.2, 0.25) is 0 Å². The molecule has 2 aromatic rings. The van der Waals surface area contributed by atoms with E-state index >= 15 is 0 Å². The van der Waals surface area contributed by atoms with Crippen LogP contribution < -0.4 is 5.32 Å². The largest absolute Gasteiger partial charge is 0.317 e. The van der Waals surface area contributed by atoms with Gasteiger partial charge in [-0.3, -0.25) is 4.99 Å². The predicted molar refractivity (Wildman–Crippen MR) is 154 cm³/mol. The van der Waals surface area contributed by atoms with Crippen LogP contribution in [-0.2, 0) is 0 Å². The molecule has 35 heavy (non-hydrogen) atoms. The molecule has 194 valence electrons. The van der Waals surface area contributed by atoms with Gasteiger partial charge < -0.3 is 5.32 Å². The van der Waals surface area contributed by atoms with Crippen molar-refractivity contribution in [1.82, 2.24) is 10.3 Å². The van der Waals surface area contributed by atoms with E-state index < -0.39 is 0 Å². The monoisotopic (exact) mass is 499 g/mol. The van der Waals surface area contributed by atoms with Gasteiger partial charge in [0.15, 0.2) is 0 Å². The minimum atomic E-state index is -0.270. The number of thiazole rings is 1. The van der Waals surface area contributed by atoms with Gasteiger partial charge in [0.25, 0.3) is 0 Å². The Morgan fingerprint density at radius 3 is 2.34 bits per heavy atom. The molecule has 0 amide bonds. The number of nitrogens with one attached hydrogen (secondary N) is 1. The maximum Gasteiger partial charge on any atom is 0.123 e. The van der Waals surface area contributed by atoms with Gasteiger partial charge >= 0.3 is 0 Å². The highest BCUT2D eigenvalue weighted by atomic mass is 32.1. The molecular weight excluding hydrogens is 453 g/mol. The van der Waals surface area contributed by atoms with Crippen molar-refractivity contribution in [3.8, 4) is 11.3 Å². The Hall–Kier alpha value is -2.11. The molecule has 1 aliphatic carbocycles. The minimum absolute atomic E-state index is 0.270. The molecule has 0 aliphatic heterocycles. The van der Waals surface area contributed by atoms with E-state index in [4.69, 9.17) is 0 Å². The van der Waals surface area contributed by atoms with Gasteiger partial charge in [0.05, 0.1) is 21.3 Å². The normalized spacial score (nSPS) is 14.2. The minimum Gasteiger partial charge on any atom is -0.317 e. The van der Waals surface area contributed by atoms with Gasteiger partial charge in [-0.1, -0.05) is 77.7 Å². The van der Waals surface area contributed by atoms with Crippen molar-refractivity contribution in [2.24, 2.45) is 10.9 Å². The Morgan fingerprint density at radius 2 is 1.86 bits per heavy atom. The molecule has 3 rings (SSSR count). The molecule has 1 aromatic heterocycles. The quantitative estimate of drug-likeness (QED) is 0.290. The summed E-state index contributed by atoms with van der Waals surface area (Å²) in [6.45, 7) is 18.6. The first-order chi connectivity index (χ1) is 16.8. The van der Waals surface area contributed by atoms with Crippen molar-refractivity contribution >= 4 is 17.0 Å². The predicted octanol–water partition coefficient (Wildman–Crippen LogP) is 9.14. The summed E-state index contributed by atoms with van der Waals surface area (Å²) in [5.41, 5.74) is 3.04. The van der Waals surface area contributed by atoms with Crippen LogP contribution in [0.15, 0.2) is 53.7 Å². The smallest absolute Gasteiger partial charge is 0.123 e. The zero-order chi connectivity index (χ0) is 26.1. The Bertz CT molecular complexity index is 919. The number of aryl methyl sites for hydroxylation is 1. The van der Waals surface area contributed by atoms with Crippen molar-refractivity contribution < 1.29 is 4.39 Å². The van der Waals surface area contributed by atoms with Crippen LogP contribution in [0.25, 0.3) is 11.3 Å². The van der Waals surface area contributed by atoms with Crippen LogP contribution in [0.1, 0.15) is 89.4 Å². The number of hydrogen-bond acceptors (Lipinski definition) is 4. The van der Waals surface area contributed by atoms with Crippen LogP contribution in [0, 0.1) is 18.7 Å². The number of hydrogen-bond donors (Lipinski definition) is 1. The topological polar surface area (TPSA) is 37.3 Å². The van der Waals surface area contributed by atoms with Gasteiger partial charge in [-0.25, -0.2) is 9.37 Å². The Labute approximate surface area is 217 Å². The number of aromatic nitrogens is 1. The fraction of sp³-hybridized carbons (Fsp3) is 0.533. The number of nitrogens with zero attached hydrogens (tertiary/aromatic N) is 2. The highest BCUT2D eigenvalue weighted by molar-refractivity contribution is 7.14. The summed E-state index contributed by atoms with van der Waals surface area (Å²) in [4.78, 5) is 9.94. The van der Waals surface area contributed by atoms with E-state index in [-0.39, 0.29) is 5.82 Å². The molecule has 1 heterocycles. The average molecular weight is 500 g/mol. The molecule has 1 N–H and O–H groups in total. The molecule has 3 nitrogen and oxygen atoms in total. The highest BCUT2D eigenvalue weighted by Crippen LogP contribution is 2.30. The van der Waals surface area contributed by atoms with E-state index in [0.29, 0.717) is 0 Å². The van der Waals surface area contributed by atoms with Crippen LogP contribution in [-0.4, -0.2) is 23.8 Å². The molecule has 0 atom stereocenters. The summed E-state index contributed by atoms with van der Waals surface area (Å²) in [6.07, 6.45) is 13.8. The summed E-state index contributed by atoms with van der Waals surface area (Å²) in [5, 5.41) is 4.20. The molecular formula is C30H46FN3S. The van der Waals surface area contributed by atoms with Crippen molar-refractivity contribution in [3.05, 3.63) is 64.4 Å². The Morgan fingerprint density at radius 1 is 1.20 bits per heavy atom. The van der Waals surface area contributed by atoms with Gasteiger partial charge in [-0.15, -0.1) is 11.3 Å². The van der Waals surface area contributed by atoms with Crippen molar-refractivity contribution in [2.75, 3.05) is 13.1 Å². The van der Waals surface area contributed by atoms with Crippen molar-refractivity contribution in [2.45, 2.75) is 86.5 Å². The molecule has 1 aromatic carbocycles. The SMILES string of the molecule is C=C(C)N=C(/C=C\C)c1sc(C)nc1-c1cccc(F)c1.CC1CCCCC1.CCCNCCC. The number of rotatable bonds is 8. The zero-order valence-corrected chi connectivity index (χ0v) is 23.6. The zero-order valence-electron chi connectivity index (χ0n) is 22.8. The molecule has 5 heteroatoms. The molecule has 0 radical (unpaired) electrons. The van der Waals surface area contributed by atoms with E-state index in [1.54, 1.807) is 17.4 Å². The first kappa shape index (κ1) is 30.9. The second-order valence-electron chi connectivity index (χ2n) is 9.15. The highest BCUT2D eigenvalue weighted by Gasteiger charge is 2.15. The van der Waals surface area contributed by atoms with Gasteiger partial charge in [0, 0.05) is 11.3 Å². The third-order valence-corrected chi connectivity index (χ3v) is 6.44. The summed E-state index contributed by atoms with van der Waals surface area (Å²) in [7, 11) is 0. The van der Waals surface area contributed by atoms with Gasteiger partial charge in [-0.2, -0.15) is 0 Å². The fourth-order valence-electron chi connectivity index (χ4n) is 3.74. The first-order valence-electron chi connectivity index (χ1n) is 13.1. The second-order valence-corrected chi connectivity index (χ2v) is 10.3. The number of benzene rings is 1. The lowest BCUT2D eigenvalue weighted by atomic mass is 9.91. The lowest BCUT2D eigenvalue weighted by Crippen LogP contribution is -2.14. The fourth-order valence-corrected chi connectivity index (χ4v) is 4.66. The van der Waals surface area contributed by atoms with Crippen LogP contribution in [0.4, 0.5) is 4.39 Å². The van der Waals surface area contributed by atoms with Crippen molar-refractivity contribution in [3.63, 3.8) is 0 Å². The average Bonchev–Trinajstić information content (AvgIpc) is 3.22. The van der Waals surface area contributed by atoms with E-state index in [1.807, 2.05) is 39.0 Å². The standard InChI is InChI=1S/C17H17FN2S.C7H14.C6H15N/c1-5-7-15(19-11(2)3)17-16(20-12(4)21-17)13-8-6-9-14(18)10-13;1-7-5-3-2-4-6-7;1-3-5-7-6-4-2/h5-10H,2H2,1,3-4H3;7H,2-6H2,1H3;7H,3-6H2,1-2H3/b7-5-,19-15?;;. The second kappa shape index (κ2) is 18.2. The van der Waals surface area contributed by atoms with Gasteiger partial charge in [0.1, 0.15) is 5.82 Å². The Kier molecular flexibility index (Phi) is 16.1. The molecule has 1 fully saturated rings. The van der Waals surface area contributed by atoms with Gasteiger partial charge in [0.2, 0.25) is 0 Å².